The second-order valence-electron chi connectivity index (χ2n) is 10.9. The van der Waals surface area contributed by atoms with Crippen LogP contribution in [0.3, 0.4) is 0 Å². The van der Waals surface area contributed by atoms with E-state index in [0.717, 1.165) is 18.4 Å². The summed E-state index contributed by atoms with van der Waals surface area (Å²) in [6.07, 6.45) is -1.99. The molecule has 0 fully saturated rings. The number of amides is 1. The Morgan fingerprint density at radius 1 is 0.972 bits per heavy atom. The number of hydrogen-bond donors (Lipinski definition) is 1. The standard InChI is InChI=1S/C29H32F3NO3/c1-18-14-22-23(28(4,5)13-12-27(22,2)3)16-20(18)15-21-10-11-25(35-21)26(34)33-17-19-8-6-7-9-24(19)36-29(30,31)32/h6-11,14,16H,12-13,15,17H2,1-5H3,(H,33,34). The molecule has 3 aromatic rings. The second-order valence-corrected chi connectivity index (χ2v) is 10.9. The molecule has 4 nitrogen and oxygen atoms in total. The van der Waals surface area contributed by atoms with Crippen LogP contribution in [0.25, 0.3) is 0 Å². The molecule has 0 unspecified atom stereocenters. The molecule has 36 heavy (non-hydrogen) atoms. The second kappa shape index (κ2) is 9.34. The summed E-state index contributed by atoms with van der Waals surface area (Å²) >= 11 is 0. The minimum atomic E-state index is -4.81. The molecule has 0 radical (unpaired) electrons. The predicted molar refractivity (Wildman–Crippen MR) is 132 cm³/mol. The predicted octanol–water partition coefficient (Wildman–Crippen LogP) is 7.36. The van der Waals surface area contributed by atoms with Crippen molar-refractivity contribution in [2.24, 2.45) is 0 Å². The Morgan fingerprint density at radius 3 is 2.28 bits per heavy atom. The molecule has 0 saturated carbocycles. The summed E-state index contributed by atoms with van der Waals surface area (Å²) in [5.41, 5.74) is 5.53. The number of ether oxygens (including phenoxy) is 1. The van der Waals surface area contributed by atoms with Crippen LogP contribution in [0.1, 0.15) is 84.7 Å². The summed E-state index contributed by atoms with van der Waals surface area (Å²) in [5, 5.41) is 2.61. The number of fused-ring (bicyclic) bond motifs is 1. The lowest BCUT2D eigenvalue weighted by atomic mass is 9.62. The van der Waals surface area contributed by atoms with Crippen molar-refractivity contribution in [1.82, 2.24) is 5.32 Å². The van der Waals surface area contributed by atoms with Crippen molar-refractivity contribution in [3.05, 3.63) is 87.9 Å². The van der Waals surface area contributed by atoms with Gasteiger partial charge in [0, 0.05) is 18.5 Å². The minimum absolute atomic E-state index is 0.0909. The first-order chi connectivity index (χ1) is 16.7. The zero-order chi connectivity index (χ0) is 26.3. The van der Waals surface area contributed by atoms with E-state index in [1.165, 1.54) is 34.9 Å². The first-order valence-corrected chi connectivity index (χ1v) is 12.1. The number of nitrogens with one attached hydrogen (secondary N) is 1. The molecule has 2 aromatic carbocycles. The van der Waals surface area contributed by atoms with Crippen molar-refractivity contribution < 1.29 is 27.1 Å². The fourth-order valence-electron chi connectivity index (χ4n) is 4.88. The SMILES string of the molecule is Cc1cc2c(cc1Cc1ccc(C(=O)NCc3ccccc3OC(F)(F)F)o1)C(C)(C)CCC2(C)C. The van der Waals surface area contributed by atoms with Crippen LogP contribution in [0.4, 0.5) is 13.2 Å². The number of carbonyl (C=O) groups excluding carboxylic acids is 1. The average molecular weight is 500 g/mol. The highest BCUT2D eigenvalue weighted by Crippen LogP contribution is 2.46. The van der Waals surface area contributed by atoms with Crippen LogP contribution in [-0.4, -0.2) is 12.3 Å². The first-order valence-electron chi connectivity index (χ1n) is 12.1. The molecule has 1 aromatic heterocycles. The van der Waals surface area contributed by atoms with Gasteiger partial charge in [0.25, 0.3) is 5.91 Å². The number of aryl methyl sites for hydroxylation is 1. The van der Waals surface area contributed by atoms with E-state index >= 15 is 0 Å². The van der Waals surface area contributed by atoms with Crippen LogP contribution < -0.4 is 10.1 Å². The highest BCUT2D eigenvalue weighted by molar-refractivity contribution is 5.91. The Balaban J connectivity index is 1.48. The molecular formula is C29H32F3NO3. The van der Waals surface area contributed by atoms with Gasteiger partial charge < -0.3 is 14.5 Å². The molecule has 1 aliphatic rings. The smallest absolute Gasteiger partial charge is 0.456 e. The van der Waals surface area contributed by atoms with Gasteiger partial charge in [-0.05, 0) is 71.0 Å². The highest BCUT2D eigenvalue weighted by atomic mass is 19.4. The lowest BCUT2D eigenvalue weighted by Crippen LogP contribution is -2.34. The number of benzene rings is 2. The van der Waals surface area contributed by atoms with Gasteiger partial charge in [-0.25, -0.2) is 0 Å². The summed E-state index contributed by atoms with van der Waals surface area (Å²) in [4.78, 5) is 12.6. The van der Waals surface area contributed by atoms with Crippen LogP contribution in [0, 0.1) is 6.92 Å². The van der Waals surface area contributed by atoms with Gasteiger partial charge in [0.05, 0.1) is 0 Å². The number of para-hydroxylation sites is 1. The Hall–Kier alpha value is -3.22. The summed E-state index contributed by atoms with van der Waals surface area (Å²) in [7, 11) is 0. The highest BCUT2D eigenvalue weighted by Gasteiger charge is 2.37. The van der Waals surface area contributed by atoms with Crippen molar-refractivity contribution >= 4 is 5.91 Å². The van der Waals surface area contributed by atoms with E-state index < -0.39 is 12.3 Å². The van der Waals surface area contributed by atoms with E-state index in [0.29, 0.717) is 12.2 Å². The summed E-state index contributed by atoms with van der Waals surface area (Å²) < 4.78 is 47.8. The third kappa shape index (κ3) is 5.61. The van der Waals surface area contributed by atoms with E-state index in [9.17, 15) is 18.0 Å². The zero-order valence-corrected chi connectivity index (χ0v) is 21.3. The van der Waals surface area contributed by atoms with E-state index in [4.69, 9.17) is 4.42 Å². The van der Waals surface area contributed by atoms with Gasteiger partial charge in [0.15, 0.2) is 5.76 Å². The summed E-state index contributed by atoms with van der Waals surface area (Å²) in [6.45, 7) is 11.1. The van der Waals surface area contributed by atoms with E-state index in [1.54, 1.807) is 18.2 Å². The van der Waals surface area contributed by atoms with Gasteiger partial charge >= 0.3 is 6.36 Å². The summed E-state index contributed by atoms with van der Waals surface area (Å²) in [5.74, 6) is -0.0966. The average Bonchev–Trinajstić information content (AvgIpc) is 3.25. The van der Waals surface area contributed by atoms with Crippen LogP contribution in [-0.2, 0) is 23.8 Å². The molecule has 1 N–H and O–H groups in total. The molecule has 0 bridgehead atoms. The number of hydrogen-bond acceptors (Lipinski definition) is 3. The maximum absolute atomic E-state index is 12.6. The van der Waals surface area contributed by atoms with Gasteiger partial charge in [-0.2, -0.15) is 0 Å². The van der Waals surface area contributed by atoms with Crippen molar-refractivity contribution in [3.8, 4) is 5.75 Å². The number of furan rings is 1. The van der Waals surface area contributed by atoms with Gasteiger partial charge in [-0.15, -0.1) is 13.2 Å². The molecule has 1 amide bonds. The lowest BCUT2D eigenvalue weighted by Gasteiger charge is -2.42. The topological polar surface area (TPSA) is 51.5 Å². The van der Waals surface area contributed by atoms with Gasteiger partial charge in [0.2, 0.25) is 0 Å². The van der Waals surface area contributed by atoms with Crippen molar-refractivity contribution in [1.29, 1.82) is 0 Å². The Kier molecular flexibility index (Phi) is 6.71. The van der Waals surface area contributed by atoms with E-state index in [-0.39, 0.29) is 34.4 Å². The van der Waals surface area contributed by atoms with Crippen molar-refractivity contribution in [2.75, 3.05) is 0 Å². The van der Waals surface area contributed by atoms with Crippen LogP contribution in [0.2, 0.25) is 0 Å². The zero-order valence-electron chi connectivity index (χ0n) is 21.3. The number of halogens is 3. The quantitative estimate of drug-likeness (QED) is 0.386. The van der Waals surface area contributed by atoms with Crippen molar-refractivity contribution in [2.45, 2.75) is 77.6 Å². The molecule has 0 aliphatic heterocycles. The largest absolute Gasteiger partial charge is 0.573 e. The van der Waals surface area contributed by atoms with Gasteiger partial charge in [-0.1, -0.05) is 58.0 Å². The Bertz CT molecular complexity index is 1270. The van der Waals surface area contributed by atoms with Crippen LogP contribution >= 0.6 is 0 Å². The summed E-state index contributed by atoms with van der Waals surface area (Å²) in [6, 6.07) is 13.6. The lowest BCUT2D eigenvalue weighted by molar-refractivity contribution is -0.274. The molecule has 0 atom stereocenters. The normalized spacial score (nSPS) is 16.3. The Labute approximate surface area is 209 Å². The monoisotopic (exact) mass is 499 g/mol. The molecule has 7 heteroatoms. The number of rotatable bonds is 6. The van der Waals surface area contributed by atoms with Crippen LogP contribution in [0.5, 0.6) is 5.75 Å². The number of carbonyl (C=O) groups is 1. The minimum Gasteiger partial charge on any atom is -0.456 e. The molecule has 1 heterocycles. The van der Waals surface area contributed by atoms with Crippen molar-refractivity contribution in [3.63, 3.8) is 0 Å². The number of alkyl halides is 3. The van der Waals surface area contributed by atoms with E-state index in [1.807, 2.05) is 0 Å². The fraction of sp³-hybridized carbons (Fsp3) is 0.414. The van der Waals surface area contributed by atoms with Gasteiger partial charge in [-0.3, -0.25) is 4.79 Å². The Morgan fingerprint density at radius 2 is 1.61 bits per heavy atom. The fourth-order valence-corrected chi connectivity index (χ4v) is 4.88. The van der Waals surface area contributed by atoms with Crippen LogP contribution in [0.15, 0.2) is 52.9 Å². The van der Waals surface area contributed by atoms with E-state index in [2.05, 4.69) is 56.8 Å². The molecule has 1 aliphatic carbocycles. The van der Waals surface area contributed by atoms with Gasteiger partial charge in [0.1, 0.15) is 11.5 Å². The molecule has 0 spiro atoms. The molecule has 192 valence electrons. The maximum atomic E-state index is 12.6. The molecular weight excluding hydrogens is 467 g/mol. The third-order valence-electron chi connectivity index (χ3n) is 7.20. The molecule has 0 saturated heterocycles. The third-order valence-corrected chi connectivity index (χ3v) is 7.20. The maximum Gasteiger partial charge on any atom is 0.573 e. The molecule has 4 rings (SSSR count). The first kappa shape index (κ1) is 25.9.